The van der Waals surface area contributed by atoms with Crippen LogP contribution in [0.25, 0.3) is 6.08 Å². The van der Waals surface area contributed by atoms with Crippen LogP contribution in [-0.2, 0) is 16.1 Å². The smallest absolute Gasteiger partial charge is 0.270 e. The third-order valence-electron chi connectivity index (χ3n) is 6.96. The molecule has 2 aliphatic rings. The lowest BCUT2D eigenvalue weighted by Crippen LogP contribution is -2.49. The van der Waals surface area contributed by atoms with Gasteiger partial charge in [-0.05, 0) is 51.0 Å². The van der Waals surface area contributed by atoms with Crippen molar-refractivity contribution < 1.29 is 13.9 Å². The molecule has 1 aromatic carbocycles. The van der Waals surface area contributed by atoms with Crippen molar-refractivity contribution >= 4 is 51.8 Å². The Morgan fingerprint density at radius 2 is 1.85 bits per heavy atom. The van der Waals surface area contributed by atoms with Gasteiger partial charge in [-0.15, -0.1) is 0 Å². The number of ether oxygens (including phenoxy) is 1. The number of nitriles is 1. The van der Waals surface area contributed by atoms with Crippen LogP contribution in [0.3, 0.4) is 0 Å². The van der Waals surface area contributed by atoms with Crippen LogP contribution in [-0.4, -0.2) is 65.6 Å². The summed E-state index contributed by atoms with van der Waals surface area (Å²) in [5.41, 5.74) is 1.44. The molecule has 0 aliphatic carbocycles. The Bertz CT molecular complexity index is 1390. The molecule has 39 heavy (non-hydrogen) atoms. The summed E-state index contributed by atoms with van der Waals surface area (Å²) in [5.74, 6) is 0.201. The number of piperazine rings is 1. The van der Waals surface area contributed by atoms with Gasteiger partial charge in [0.1, 0.15) is 27.6 Å². The molecular formula is C28H32FN5O3S2. The summed E-state index contributed by atoms with van der Waals surface area (Å²) in [6.07, 6.45) is 2.44. The number of nitrogens with zero attached hydrogens (tertiary/aromatic N) is 5. The Morgan fingerprint density at radius 1 is 1.15 bits per heavy atom. The predicted molar refractivity (Wildman–Crippen MR) is 158 cm³/mol. The van der Waals surface area contributed by atoms with Gasteiger partial charge in [0.25, 0.3) is 11.5 Å². The number of anilines is 2. The number of rotatable bonds is 9. The van der Waals surface area contributed by atoms with Gasteiger partial charge in [0, 0.05) is 58.0 Å². The summed E-state index contributed by atoms with van der Waals surface area (Å²) in [7, 11) is 0. The number of thiocarbonyl (C=S) groups is 1. The summed E-state index contributed by atoms with van der Waals surface area (Å²) in [6.45, 7) is 9.69. The maximum Gasteiger partial charge on any atom is 0.270 e. The molecule has 0 bridgehead atoms. The predicted octanol–water partition coefficient (Wildman–Crippen LogP) is 4.14. The van der Waals surface area contributed by atoms with Crippen LogP contribution in [0.5, 0.6) is 0 Å². The summed E-state index contributed by atoms with van der Waals surface area (Å²) >= 11 is 6.72. The lowest BCUT2D eigenvalue weighted by atomic mass is 10.0. The Morgan fingerprint density at radius 3 is 2.49 bits per heavy atom. The molecule has 11 heteroatoms. The quantitative estimate of drug-likeness (QED) is 0.253. The maximum atomic E-state index is 14.4. The fraction of sp³-hybridized carbons (Fsp3) is 0.429. The highest BCUT2D eigenvalue weighted by molar-refractivity contribution is 8.26. The first-order valence-corrected chi connectivity index (χ1v) is 14.3. The van der Waals surface area contributed by atoms with Crippen LogP contribution in [0.4, 0.5) is 15.9 Å². The lowest BCUT2D eigenvalue weighted by molar-refractivity contribution is -0.122. The van der Waals surface area contributed by atoms with Crippen LogP contribution in [0.15, 0.2) is 34.0 Å². The lowest BCUT2D eigenvalue weighted by Gasteiger charge is -2.39. The van der Waals surface area contributed by atoms with Crippen molar-refractivity contribution in [2.75, 3.05) is 55.7 Å². The van der Waals surface area contributed by atoms with E-state index >= 15 is 0 Å². The normalized spacial score (nSPS) is 16.9. The number of hydrogen-bond donors (Lipinski definition) is 0. The van der Waals surface area contributed by atoms with Crippen molar-refractivity contribution in [2.24, 2.45) is 0 Å². The second-order valence-electron chi connectivity index (χ2n) is 9.21. The highest BCUT2D eigenvalue weighted by atomic mass is 32.2. The van der Waals surface area contributed by atoms with Gasteiger partial charge >= 0.3 is 0 Å². The van der Waals surface area contributed by atoms with Crippen molar-refractivity contribution in [3.63, 3.8) is 0 Å². The van der Waals surface area contributed by atoms with E-state index in [1.165, 1.54) is 17.8 Å². The van der Waals surface area contributed by atoms with E-state index in [1.54, 1.807) is 34.6 Å². The number of benzene rings is 1. The Labute approximate surface area is 237 Å². The van der Waals surface area contributed by atoms with Gasteiger partial charge in [-0.3, -0.25) is 19.1 Å². The first-order chi connectivity index (χ1) is 18.8. The standard InChI is InChI=1S/C28H32FN5O3S2/c1-4-33-25(32-14-12-31(13-15-32)23-10-7-6-9-22(23)29)20(19(3)21(18-30)26(33)35)17-24-27(36)34(28(38)39-24)11-8-16-37-5-2/h6-7,9-10,17H,4-5,8,11-16H2,1-3H3/b24-17+. The molecule has 2 aromatic rings. The van der Waals surface area contributed by atoms with E-state index in [-0.39, 0.29) is 22.8 Å². The molecule has 206 valence electrons. The number of para-hydroxylation sites is 1. The van der Waals surface area contributed by atoms with Crippen molar-refractivity contribution in [3.05, 3.63) is 62.0 Å². The van der Waals surface area contributed by atoms with E-state index in [9.17, 15) is 19.2 Å². The zero-order valence-corrected chi connectivity index (χ0v) is 24.0. The Hall–Kier alpha value is -3.20. The fourth-order valence-corrected chi connectivity index (χ4v) is 6.23. The van der Waals surface area contributed by atoms with Crippen LogP contribution in [0.2, 0.25) is 0 Å². The number of hydrogen-bond acceptors (Lipinski definition) is 8. The largest absolute Gasteiger partial charge is 0.382 e. The number of halogens is 1. The maximum absolute atomic E-state index is 14.4. The van der Waals surface area contributed by atoms with Gasteiger partial charge in [-0.1, -0.05) is 36.1 Å². The second-order valence-corrected chi connectivity index (χ2v) is 10.9. The monoisotopic (exact) mass is 569 g/mol. The van der Waals surface area contributed by atoms with Gasteiger partial charge in [-0.25, -0.2) is 4.39 Å². The van der Waals surface area contributed by atoms with E-state index < -0.39 is 0 Å². The first kappa shape index (κ1) is 28.8. The van der Waals surface area contributed by atoms with Crippen LogP contribution in [0, 0.1) is 24.1 Å². The number of carbonyl (C=O) groups excluding carboxylic acids is 1. The summed E-state index contributed by atoms with van der Waals surface area (Å²) in [6, 6.07) is 8.76. The average molecular weight is 570 g/mol. The van der Waals surface area contributed by atoms with Gasteiger partial charge in [0.2, 0.25) is 0 Å². The summed E-state index contributed by atoms with van der Waals surface area (Å²) in [5, 5.41) is 9.82. The molecule has 2 aliphatic heterocycles. The zero-order valence-electron chi connectivity index (χ0n) is 22.4. The molecule has 0 radical (unpaired) electrons. The van der Waals surface area contributed by atoms with E-state index in [0.29, 0.717) is 90.8 Å². The molecule has 1 amide bonds. The van der Waals surface area contributed by atoms with E-state index in [0.717, 1.165) is 0 Å². The molecule has 4 rings (SSSR count). The number of thioether (sulfide) groups is 1. The number of pyridine rings is 1. The second kappa shape index (κ2) is 12.8. The highest BCUT2D eigenvalue weighted by Gasteiger charge is 2.33. The molecule has 0 spiro atoms. The van der Waals surface area contributed by atoms with Gasteiger partial charge < -0.3 is 14.5 Å². The third-order valence-corrected chi connectivity index (χ3v) is 8.34. The van der Waals surface area contributed by atoms with Crippen molar-refractivity contribution in [3.8, 4) is 6.07 Å². The molecule has 3 heterocycles. The molecule has 0 atom stereocenters. The SMILES string of the molecule is CCOCCCN1C(=O)/C(=C\c2c(C)c(C#N)c(=O)n(CC)c2N2CCN(c3ccccc3F)CC2)SC1=S. The van der Waals surface area contributed by atoms with Crippen molar-refractivity contribution in [2.45, 2.75) is 33.7 Å². The number of aromatic nitrogens is 1. The molecule has 0 N–H and O–H groups in total. The summed E-state index contributed by atoms with van der Waals surface area (Å²) < 4.78 is 21.9. The molecular weight excluding hydrogens is 537 g/mol. The van der Waals surface area contributed by atoms with Crippen molar-refractivity contribution in [1.29, 1.82) is 5.26 Å². The molecule has 0 unspecified atom stereocenters. The molecule has 2 fully saturated rings. The minimum Gasteiger partial charge on any atom is -0.382 e. The van der Waals surface area contributed by atoms with Crippen molar-refractivity contribution in [1.82, 2.24) is 9.47 Å². The van der Waals surface area contributed by atoms with Crippen LogP contribution in [0.1, 0.15) is 37.0 Å². The van der Waals surface area contributed by atoms with E-state index in [2.05, 4.69) is 11.0 Å². The Kier molecular flexibility index (Phi) is 9.43. The minimum atomic E-state index is -0.357. The molecule has 0 saturated carbocycles. The number of carbonyl (C=O) groups is 1. The Balaban J connectivity index is 1.70. The van der Waals surface area contributed by atoms with Gasteiger partial charge in [0.05, 0.1) is 10.6 Å². The molecule has 8 nitrogen and oxygen atoms in total. The van der Waals surface area contributed by atoms with E-state index in [4.69, 9.17) is 17.0 Å². The van der Waals surface area contributed by atoms with Crippen LogP contribution >= 0.6 is 24.0 Å². The van der Waals surface area contributed by atoms with Gasteiger partial charge in [-0.2, -0.15) is 5.26 Å². The van der Waals surface area contributed by atoms with Crippen LogP contribution < -0.4 is 15.4 Å². The van der Waals surface area contributed by atoms with E-state index in [1.807, 2.05) is 24.8 Å². The average Bonchev–Trinajstić information content (AvgIpc) is 3.20. The molecule has 2 saturated heterocycles. The zero-order chi connectivity index (χ0) is 28.1. The fourth-order valence-electron chi connectivity index (χ4n) is 4.94. The minimum absolute atomic E-state index is 0.0593. The highest BCUT2D eigenvalue weighted by Crippen LogP contribution is 2.36. The first-order valence-electron chi connectivity index (χ1n) is 13.1. The topological polar surface area (TPSA) is 81.8 Å². The van der Waals surface area contributed by atoms with Gasteiger partial charge in [0.15, 0.2) is 0 Å². The summed E-state index contributed by atoms with van der Waals surface area (Å²) in [4.78, 5) is 32.7. The molecule has 1 aromatic heterocycles. The third kappa shape index (κ3) is 5.88. The number of amides is 1.